The first-order valence-corrected chi connectivity index (χ1v) is 5.91. The third kappa shape index (κ3) is 3.14. The summed E-state index contributed by atoms with van der Waals surface area (Å²) in [7, 11) is 0. The molecule has 0 aromatic rings. The number of aliphatic hydroxyl groups is 1. The SMILES string of the molecule is CCOCC(O)CN1CC2CCC(C1)O2. The number of fused-ring (bicyclic) bond motifs is 2. The van der Waals surface area contributed by atoms with Crippen LogP contribution in [-0.2, 0) is 9.47 Å². The van der Waals surface area contributed by atoms with Gasteiger partial charge in [-0.3, -0.25) is 4.90 Å². The van der Waals surface area contributed by atoms with Crippen molar-refractivity contribution >= 4 is 0 Å². The van der Waals surface area contributed by atoms with Gasteiger partial charge in [-0.1, -0.05) is 0 Å². The van der Waals surface area contributed by atoms with E-state index in [9.17, 15) is 5.11 Å². The van der Waals surface area contributed by atoms with Gasteiger partial charge in [0.05, 0.1) is 24.9 Å². The molecule has 1 N–H and O–H groups in total. The highest BCUT2D eigenvalue weighted by Crippen LogP contribution is 2.26. The summed E-state index contributed by atoms with van der Waals surface area (Å²) in [5, 5.41) is 9.72. The molecular formula is C11H21NO3. The van der Waals surface area contributed by atoms with Crippen LogP contribution in [0.4, 0.5) is 0 Å². The second kappa shape index (κ2) is 5.25. The van der Waals surface area contributed by atoms with Gasteiger partial charge in [-0.25, -0.2) is 0 Å². The number of morpholine rings is 1. The first-order valence-electron chi connectivity index (χ1n) is 5.91. The highest BCUT2D eigenvalue weighted by molar-refractivity contribution is 4.85. The lowest BCUT2D eigenvalue weighted by Gasteiger charge is -2.33. The van der Waals surface area contributed by atoms with E-state index in [1.54, 1.807) is 0 Å². The number of ether oxygens (including phenoxy) is 2. The second-order valence-corrected chi connectivity index (χ2v) is 4.49. The molecule has 0 amide bonds. The zero-order chi connectivity index (χ0) is 10.7. The number of hydrogen-bond donors (Lipinski definition) is 1. The van der Waals surface area contributed by atoms with Crippen LogP contribution in [0.3, 0.4) is 0 Å². The van der Waals surface area contributed by atoms with Crippen molar-refractivity contribution in [2.45, 2.75) is 38.1 Å². The molecule has 2 rings (SSSR count). The molecule has 88 valence electrons. The Bertz CT molecular complexity index is 188. The summed E-state index contributed by atoms with van der Waals surface area (Å²) < 4.78 is 10.9. The van der Waals surface area contributed by atoms with Crippen LogP contribution in [0.1, 0.15) is 19.8 Å². The first-order chi connectivity index (χ1) is 7.28. The minimum Gasteiger partial charge on any atom is -0.389 e. The first kappa shape index (κ1) is 11.3. The van der Waals surface area contributed by atoms with Crippen molar-refractivity contribution in [3.05, 3.63) is 0 Å². The Kier molecular flexibility index (Phi) is 3.97. The van der Waals surface area contributed by atoms with E-state index in [-0.39, 0.29) is 6.10 Å². The average molecular weight is 215 g/mol. The largest absolute Gasteiger partial charge is 0.389 e. The Morgan fingerprint density at radius 1 is 1.40 bits per heavy atom. The van der Waals surface area contributed by atoms with Crippen LogP contribution in [0.15, 0.2) is 0 Å². The van der Waals surface area contributed by atoms with Crippen LogP contribution in [0.5, 0.6) is 0 Å². The van der Waals surface area contributed by atoms with Crippen molar-refractivity contribution in [2.24, 2.45) is 0 Å². The third-order valence-electron chi connectivity index (χ3n) is 3.10. The van der Waals surface area contributed by atoms with E-state index in [0.29, 0.717) is 25.4 Å². The van der Waals surface area contributed by atoms with Crippen molar-refractivity contribution in [3.8, 4) is 0 Å². The maximum absolute atomic E-state index is 9.72. The van der Waals surface area contributed by atoms with Crippen molar-refractivity contribution in [1.29, 1.82) is 0 Å². The summed E-state index contributed by atoms with van der Waals surface area (Å²) in [5.41, 5.74) is 0. The zero-order valence-corrected chi connectivity index (χ0v) is 9.39. The molecular weight excluding hydrogens is 194 g/mol. The maximum Gasteiger partial charge on any atom is 0.0900 e. The van der Waals surface area contributed by atoms with E-state index < -0.39 is 0 Å². The highest BCUT2D eigenvalue weighted by atomic mass is 16.5. The molecule has 0 aromatic carbocycles. The maximum atomic E-state index is 9.72. The molecule has 15 heavy (non-hydrogen) atoms. The van der Waals surface area contributed by atoms with Gasteiger partial charge >= 0.3 is 0 Å². The number of hydrogen-bond acceptors (Lipinski definition) is 4. The highest BCUT2D eigenvalue weighted by Gasteiger charge is 2.34. The molecule has 0 radical (unpaired) electrons. The normalized spacial score (nSPS) is 33.2. The monoisotopic (exact) mass is 215 g/mol. The Balaban J connectivity index is 1.70. The van der Waals surface area contributed by atoms with Crippen molar-refractivity contribution < 1.29 is 14.6 Å². The van der Waals surface area contributed by atoms with Crippen LogP contribution >= 0.6 is 0 Å². The third-order valence-corrected chi connectivity index (χ3v) is 3.10. The molecule has 4 heteroatoms. The van der Waals surface area contributed by atoms with Crippen molar-refractivity contribution in [3.63, 3.8) is 0 Å². The van der Waals surface area contributed by atoms with Crippen LogP contribution in [0, 0.1) is 0 Å². The van der Waals surface area contributed by atoms with Gasteiger partial charge in [0.25, 0.3) is 0 Å². The fourth-order valence-electron chi connectivity index (χ4n) is 2.45. The summed E-state index contributed by atoms with van der Waals surface area (Å²) in [6, 6.07) is 0. The fraction of sp³-hybridized carbons (Fsp3) is 1.00. The lowest BCUT2D eigenvalue weighted by molar-refractivity contribution is -0.0579. The van der Waals surface area contributed by atoms with Gasteiger partial charge in [-0.05, 0) is 19.8 Å². The summed E-state index contributed by atoms with van der Waals surface area (Å²) in [4.78, 5) is 2.30. The number of β-amino-alcohol motifs (C(OH)–C–C–N with tert-alkyl or cyclic N) is 1. The molecule has 0 spiro atoms. The lowest BCUT2D eigenvalue weighted by atomic mass is 10.2. The average Bonchev–Trinajstić information content (AvgIpc) is 2.55. The molecule has 2 aliphatic rings. The second-order valence-electron chi connectivity index (χ2n) is 4.49. The van der Waals surface area contributed by atoms with Gasteiger partial charge in [0, 0.05) is 26.2 Å². The minimum atomic E-state index is -0.359. The molecule has 2 bridgehead atoms. The summed E-state index contributed by atoms with van der Waals surface area (Å²) >= 11 is 0. The van der Waals surface area contributed by atoms with Crippen molar-refractivity contribution in [2.75, 3.05) is 32.8 Å². The number of likely N-dealkylation sites (tertiary alicyclic amines) is 1. The van der Waals surface area contributed by atoms with Crippen LogP contribution in [0.25, 0.3) is 0 Å². The molecule has 2 aliphatic heterocycles. The molecule has 0 aromatic heterocycles. The van der Waals surface area contributed by atoms with Crippen molar-refractivity contribution in [1.82, 2.24) is 4.90 Å². The fourth-order valence-corrected chi connectivity index (χ4v) is 2.45. The smallest absolute Gasteiger partial charge is 0.0900 e. The summed E-state index contributed by atoms with van der Waals surface area (Å²) in [6.45, 7) is 5.73. The van der Waals surface area contributed by atoms with E-state index in [2.05, 4.69) is 4.90 Å². The number of nitrogens with zero attached hydrogens (tertiary/aromatic N) is 1. The summed E-state index contributed by atoms with van der Waals surface area (Å²) in [5.74, 6) is 0. The molecule has 2 saturated heterocycles. The van der Waals surface area contributed by atoms with E-state index in [1.165, 1.54) is 12.8 Å². The van der Waals surface area contributed by atoms with Crippen LogP contribution < -0.4 is 0 Å². The van der Waals surface area contributed by atoms with E-state index in [1.807, 2.05) is 6.92 Å². The van der Waals surface area contributed by atoms with Gasteiger partial charge in [0.15, 0.2) is 0 Å². The molecule has 0 aliphatic carbocycles. The Labute approximate surface area is 91.2 Å². The van der Waals surface area contributed by atoms with Crippen LogP contribution in [0.2, 0.25) is 0 Å². The Morgan fingerprint density at radius 2 is 2.07 bits per heavy atom. The standard InChI is InChI=1S/C11H21NO3/c1-2-14-8-9(13)5-12-6-10-3-4-11(7-12)15-10/h9-11,13H,2-8H2,1H3. The minimum absolute atomic E-state index is 0.359. The predicted molar refractivity (Wildman–Crippen MR) is 56.8 cm³/mol. The molecule has 2 fully saturated rings. The quantitative estimate of drug-likeness (QED) is 0.713. The Morgan fingerprint density at radius 3 is 2.67 bits per heavy atom. The predicted octanol–water partition coefficient (Wildman–Crippen LogP) is 0.247. The number of aliphatic hydroxyl groups excluding tert-OH is 1. The molecule has 4 nitrogen and oxygen atoms in total. The molecule has 3 atom stereocenters. The topological polar surface area (TPSA) is 41.9 Å². The van der Waals surface area contributed by atoms with E-state index in [4.69, 9.17) is 9.47 Å². The van der Waals surface area contributed by atoms with E-state index >= 15 is 0 Å². The van der Waals surface area contributed by atoms with Crippen LogP contribution in [-0.4, -0.2) is 61.2 Å². The molecule has 0 saturated carbocycles. The van der Waals surface area contributed by atoms with Gasteiger partial charge in [0.1, 0.15) is 0 Å². The van der Waals surface area contributed by atoms with Gasteiger partial charge in [-0.15, -0.1) is 0 Å². The molecule has 3 unspecified atom stereocenters. The summed E-state index contributed by atoms with van der Waals surface area (Å²) in [6.07, 6.45) is 2.82. The van der Waals surface area contributed by atoms with Gasteiger partial charge < -0.3 is 14.6 Å². The number of rotatable bonds is 5. The van der Waals surface area contributed by atoms with E-state index in [0.717, 1.165) is 19.6 Å². The van der Waals surface area contributed by atoms with Gasteiger partial charge in [-0.2, -0.15) is 0 Å². The Hall–Kier alpha value is -0.160. The lowest BCUT2D eigenvalue weighted by Crippen LogP contribution is -2.46. The van der Waals surface area contributed by atoms with Gasteiger partial charge in [0.2, 0.25) is 0 Å². The zero-order valence-electron chi connectivity index (χ0n) is 9.39. The molecule has 2 heterocycles.